The van der Waals surface area contributed by atoms with E-state index in [2.05, 4.69) is 10.3 Å². The Morgan fingerprint density at radius 2 is 1.82 bits per heavy atom. The van der Waals surface area contributed by atoms with Crippen molar-refractivity contribution in [3.8, 4) is 11.1 Å². The van der Waals surface area contributed by atoms with Gasteiger partial charge >= 0.3 is 18.1 Å². The molecule has 0 spiro atoms. The molecular formula is C21H17Cl2F4N3O4. The van der Waals surface area contributed by atoms with Crippen LogP contribution in [0.3, 0.4) is 0 Å². The molecule has 0 bridgehead atoms. The van der Waals surface area contributed by atoms with Crippen LogP contribution >= 0.6 is 23.2 Å². The summed E-state index contributed by atoms with van der Waals surface area (Å²) in [5, 5.41) is 4.21. The summed E-state index contributed by atoms with van der Waals surface area (Å²) in [6, 6.07) is 2.68. The summed E-state index contributed by atoms with van der Waals surface area (Å²) in [6.45, 7) is 1.38. The van der Waals surface area contributed by atoms with Crippen molar-refractivity contribution < 1.29 is 36.7 Å². The molecule has 1 aliphatic rings. The molecule has 1 aromatic heterocycles. The van der Waals surface area contributed by atoms with Gasteiger partial charge in [-0.15, -0.1) is 0 Å². The highest BCUT2D eigenvalue weighted by Crippen LogP contribution is 2.38. The number of methoxy groups -OCH3 is 1. The van der Waals surface area contributed by atoms with Crippen LogP contribution in [0.2, 0.25) is 10.0 Å². The number of carbonyl (C=O) groups is 3. The van der Waals surface area contributed by atoms with E-state index in [1.165, 1.54) is 25.3 Å². The molecule has 1 atom stereocenters. The number of carbonyl (C=O) groups excluding carboxylic acids is 3. The van der Waals surface area contributed by atoms with Crippen LogP contribution in [0.25, 0.3) is 11.1 Å². The molecule has 1 saturated carbocycles. The number of benzene rings is 1. The number of esters is 1. The SMILES string of the molecule is COC(=O)c1c(Cl)cc(Cl)cc1-c1cnc([C@@H](C)NC(=O)C2(NC(=O)C(F)(F)F)CC2)c(F)c1. The molecule has 2 aromatic rings. The predicted molar refractivity (Wildman–Crippen MR) is 114 cm³/mol. The fourth-order valence-corrected chi connectivity index (χ4v) is 3.82. The molecule has 34 heavy (non-hydrogen) atoms. The van der Waals surface area contributed by atoms with Crippen LogP contribution in [0.15, 0.2) is 24.4 Å². The third-order valence-corrected chi connectivity index (χ3v) is 5.69. The van der Waals surface area contributed by atoms with Gasteiger partial charge in [0.15, 0.2) is 0 Å². The minimum Gasteiger partial charge on any atom is -0.465 e. The summed E-state index contributed by atoms with van der Waals surface area (Å²) in [7, 11) is 1.15. The van der Waals surface area contributed by atoms with Crippen LogP contribution in [-0.2, 0) is 14.3 Å². The molecule has 0 unspecified atom stereocenters. The van der Waals surface area contributed by atoms with Crippen LogP contribution in [0, 0.1) is 5.82 Å². The van der Waals surface area contributed by atoms with Gasteiger partial charge in [0.25, 0.3) is 0 Å². The highest BCUT2D eigenvalue weighted by atomic mass is 35.5. The fraction of sp³-hybridized carbons (Fsp3) is 0.333. The number of aromatic nitrogens is 1. The smallest absolute Gasteiger partial charge is 0.465 e. The molecule has 1 heterocycles. The van der Waals surface area contributed by atoms with E-state index in [-0.39, 0.29) is 45.3 Å². The molecule has 182 valence electrons. The Balaban J connectivity index is 1.83. The van der Waals surface area contributed by atoms with Crippen LogP contribution in [0.5, 0.6) is 0 Å². The number of hydrogen-bond donors (Lipinski definition) is 2. The number of pyridine rings is 1. The predicted octanol–water partition coefficient (Wildman–Crippen LogP) is 4.37. The van der Waals surface area contributed by atoms with Crippen molar-refractivity contribution in [2.75, 3.05) is 7.11 Å². The summed E-state index contributed by atoms with van der Waals surface area (Å²) in [4.78, 5) is 39.8. The number of alkyl halides is 3. The number of halogens is 6. The lowest BCUT2D eigenvalue weighted by Gasteiger charge is -2.21. The van der Waals surface area contributed by atoms with Crippen molar-refractivity contribution in [3.63, 3.8) is 0 Å². The van der Waals surface area contributed by atoms with E-state index in [9.17, 15) is 31.9 Å². The second kappa shape index (κ2) is 9.38. The van der Waals surface area contributed by atoms with E-state index in [4.69, 9.17) is 27.9 Å². The first-order chi connectivity index (χ1) is 15.8. The molecule has 1 aliphatic carbocycles. The van der Waals surface area contributed by atoms with E-state index >= 15 is 0 Å². The van der Waals surface area contributed by atoms with Gasteiger partial charge in [-0.05, 0) is 38.0 Å². The normalized spacial score (nSPS) is 15.3. The Bertz CT molecular complexity index is 1170. The lowest BCUT2D eigenvalue weighted by Crippen LogP contribution is -2.53. The van der Waals surface area contributed by atoms with Crippen molar-refractivity contribution in [3.05, 3.63) is 51.5 Å². The second-order valence-corrected chi connectivity index (χ2v) is 8.47. The molecule has 13 heteroatoms. The van der Waals surface area contributed by atoms with Crippen molar-refractivity contribution >= 4 is 41.0 Å². The monoisotopic (exact) mass is 521 g/mol. The fourth-order valence-electron chi connectivity index (χ4n) is 3.25. The lowest BCUT2D eigenvalue weighted by atomic mass is 10.00. The van der Waals surface area contributed by atoms with E-state index in [1.54, 1.807) is 5.32 Å². The van der Waals surface area contributed by atoms with Gasteiger partial charge in [-0.1, -0.05) is 23.2 Å². The Morgan fingerprint density at radius 3 is 2.35 bits per heavy atom. The van der Waals surface area contributed by atoms with Gasteiger partial charge < -0.3 is 15.4 Å². The second-order valence-electron chi connectivity index (χ2n) is 7.62. The average Bonchev–Trinajstić information content (AvgIpc) is 3.52. The first kappa shape index (κ1) is 25.7. The Hall–Kier alpha value is -2.92. The summed E-state index contributed by atoms with van der Waals surface area (Å²) < 4.78 is 57.2. The maximum absolute atomic E-state index is 14.9. The molecule has 3 rings (SSSR count). The Labute approximate surface area is 200 Å². The van der Waals surface area contributed by atoms with Crippen LogP contribution in [0.4, 0.5) is 17.6 Å². The third-order valence-electron chi connectivity index (χ3n) is 5.18. The largest absolute Gasteiger partial charge is 0.471 e. The summed E-state index contributed by atoms with van der Waals surface area (Å²) in [6.07, 6.45) is -3.91. The summed E-state index contributed by atoms with van der Waals surface area (Å²) in [5.74, 6) is -4.78. The van der Waals surface area contributed by atoms with Crippen LogP contribution < -0.4 is 10.6 Å². The quantitative estimate of drug-likeness (QED) is 0.434. The van der Waals surface area contributed by atoms with Gasteiger partial charge in [0.05, 0.1) is 29.4 Å². The van der Waals surface area contributed by atoms with Gasteiger partial charge in [0.1, 0.15) is 11.4 Å². The number of hydrogen-bond acceptors (Lipinski definition) is 5. The minimum atomic E-state index is -5.14. The Morgan fingerprint density at radius 1 is 1.18 bits per heavy atom. The number of ether oxygens (including phenoxy) is 1. The van der Waals surface area contributed by atoms with Crippen molar-refractivity contribution in [1.82, 2.24) is 15.6 Å². The lowest BCUT2D eigenvalue weighted by molar-refractivity contribution is -0.175. The zero-order chi connectivity index (χ0) is 25.4. The molecule has 2 amide bonds. The van der Waals surface area contributed by atoms with Gasteiger partial charge in [0, 0.05) is 22.3 Å². The minimum absolute atomic E-state index is 0.00799. The van der Waals surface area contributed by atoms with Gasteiger partial charge in [-0.2, -0.15) is 13.2 Å². The zero-order valence-electron chi connectivity index (χ0n) is 17.6. The molecule has 1 aromatic carbocycles. The Kier molecular flexibility index (Phi) is 7.09. The van der Waals surface area contributed by atoms with Gasteiger partial charge in [-0.25, -0.2) is 9.18 Å². The molecule has 2 N–H and O–H groups in total. The molecule has 1 fully saturated rings. The first-order valence-electron chi connectivity index (χ1n) is 9.72. The van der Waals surface area contributed by atoms with Gasteiger partial charge in [0.2, 0.25) is 5.91 Å². The third kappa shape index (κ3) is 5.25. The van der Waals surface area contributed by atoms with E-state index in [1.807, 2.05) is 0 Å². The van der Waals surface area contributed by atoms with Crippen molar-refractivity contribution in [2.24, 2.45) is 0 Å². The number of nitrogens with one attached hydrogen (secondary N) is 2. The maximum Gasteiger partial charge on any atom is 0.471 e. The van der Waals surface area contributed by atoms with Crippen molar-refractivity contribution in [1.29, 1.82) is 0 Å². The molecular weight excluding hydrogens is 505 g/mol. The molecule has 7 nitrogen and oxygen atoms in total. The molecule has 0 aliphatic heterocycles. The van der Waals surface area contributed by atoms with Crippen LogP contribution in [-0.4, -0.2) is 41.6 Å². The summed E-state index contributed by atoms with van der Waals surface area (Å²) >= 11 is 12.1. The average molecular weight is 522 g/mol. The van der Waals surface area contributed by atoms with Crippen LogP contribution in [0.1, 0.15) is 41.9 Å². The molecule has 0 radical (unpaired) electrons. The highest BCUT2D eigenvalue weighted by molar-refractivity contribution is 6.37. The molecule has 0 saturated heterocycles. The van der Waals surface area contributed by atoms with Crippen molar-refractivity contribution in [2.45, 2.75) is 37.5 Å². The number of rotatable bonds is 6. The maximum atomic E-state index is 14.9. The topological polar surface area (TPSA) is 97.4 Å². The van der Waals surface area contributed by atoms with E-state index in [0.717, 1.165) is 13.2 Å². The number of amides is 2. The summed E-state index contributed by atoms with van der Waals surface area (Å²) in [5.41, 5.74) is -1.68. The zero-order valence-corrected chi connectivity index (χ0v) is 19.2. The highest BCUT2D eigenvalue weighted by Gasteiger charge is 2.55. The first-order valence-corrected chi connectivity index (χ1v) is 10.5. The van der Waals surface area contributed by atoms with Gasteiger partial charge in [-0.3, -0.25) is 14.6 Å². The standard InChI is InChI=1S/C21H17Cl2F4N3O4/c1-9(29-18(32)20(3-4-20)30-19(33)21(25,26)27)16-14(24)5-10(8-28-16)12-6-11(22)7-13(23)15(12)17(31)34-2/h5-9H,3-4H2,1-2H3,(H,29,32)(H,30,33)/t9-/m1/s1. The van der Waals surface area contributed by atoms with E-state index in [0.29, 0.717) is 0 Å². The van der Waals surface area contributed by atoms with E-state index < -0.39 is 41.4 Å². The number of nitrogens with zero attached hydrogens (tertiary/aromatic N) is 1.